The van der Waals surface area contributed by atoms with E-state index >= 15 is 0 Å². The standard InChI is InChI=1S/C7H6INO2/c1-4-5(7(10)11)2-3-6(8)9-4/h2-3H,1H3,(H,10,11). The summed E-state index contributed by atoms with van der Waals surface area (Å²) in [4.78, 5) is 14.5. The Kier molecular flexibility index (Phi) is 2.43. The fourth-order valence-corrected chi connectivity index (χ4v) is 1.30. The van der Waals surface area contributed by atoms with Crippen LogP contribution in [0.5, 0.6) is 0 Å². The van der Waals surface area contributed by atoms with Crippen molar-refractivity contribution in [2.75, 3.05) is 0 Å². The first-order valence-electron chi connectivity index (χ1n) is 2.97. The summed E-state index contributed by atoms with van der Waals surface area (Å²) >= 11 is 2.04. The molecule has 1 aromatic rings. The highest BCUT2D eigenvalue weighted by Gasteiger charge is 2.06. The van der Waals surface area contributed by atoms with E-state index in [4.69, 9.17) is 5.11 Å². The zero-order chi connectivity index (χ0) is 8.43. The highest BCUT2D eigenvalue weighted by Crippen LogP contribution is 2.07. The lowest BCUT2D eigenvalue weighted by molar-refractivity contribution is 0.0695. The predicted molar refractivity (Wildman–Crippen MR) is 48.7 cm³/mol. The van der Waals surface area contributed by atoms with E-state index < -0.39 is 5.97 Å². The number of carboxylic acid groups (broad SMARTS) is 1. The molecule has 0 spiro atoms. The first-order chi connectivity index (χ1) is 5.11. The number of halogens is 1. The summed E-state index contributed by atoms with van der Waals surface area (Å²) in [5.41, 5.74) is 0.829. The lowest BCUT2D eigenvalue weighted by Gasteiger charge is -1.98. The van der Waals surface area contributed by atoms with Gasteiger partial charge in [0.1, 0.15) is 3.70 Å². The van der Waals surface area contributed by atoms with Gasteiger partial charge in [0.2, 0.25) is 0 Å². The van der Waals surface area contributed by atoms with Gasteiger partial charge in [0.05, 0.1) is 11.3 Å². The molecule has 0 atom stereocenters. The molecule has 0 aliphatic heterocycles. The fraction of sp³-hybridized carbons (Fsp3) is 0.143. The minimum Gasteiger partial charge on any atom is -0.478 e. The quantitative estimate of drug-likeness (QED) is 0.619. The molecule has 0 aliphatic carbocycles. The van der Waals surface area contributed by atoms with Gasteiger partial charge >= 0.3 is 5.97 Å². The summed E-state index contributed by atoms with van der Waals surface area (Å²) < 4.78 is 0.810. The van der Waals surface area contributed by atoms with Crippen LogP contribution in [0.1, 0.15) is 16.1 Å². The number of carboxylic acids is 1. The van der Waals surface area contributed by atoms with Crippen molar-refractivity contribution in [3.8, 4) is 0 Å². The average molecular weight is 263 g/mol. The summed E-state index contributed by atoms with van der Waals surface area (Å²) in [5.74, 6) is -0.925. The minimum atomic E-state index is -0.925. The molecular weight excluding hydrogens is 257 g/mol. The molecule has 0 amide bonds. The second-order valence-electron chi connectivity index (χ2n) is 2.07. The van der Waals surface area contributed by atoms with Gasteiger partial charge in [-0.2, -0.15) is 0 Å². The van der Waals surface area contributed by atoms with Crippen molar-refractivity contribution in [1.29, 1.82) is 0 Å². The Hall–Kier alpha value is -0.650. The molecule has 1 heterocycles. The molecule has 0 fully saturated rings. The van der Waals surface area contributed by atoms with E-state index in [2.05, 4.69) is 4.98 Å². The molecule has 0 aliphatic rings. The van der Waals surface area contributed by atoms with Crippen molar-refractivity contribution in [2.24, 2.45) is 0 Å². The molecule has 0 aromatic carbocycles. The molecule has 3 nitrogen and oxygen atoms in total. The molecule has 58 valence electrons. The summed E-state index contributed by atoms with van der Waals surface area (Å²) in [6, 6.07) is 3.24. The van der Waals surface area contributed by atoms with Crippen molar-refractivity contribution in [1.82, 2.24) is 4.98 Å². The van der Waals surface area contributed by atoms with Gasteiger partial charge in [0.15, 0.2) is 0 Å². The number of aromatic carboxylic acids is 1. The maximum atomic E-state index is 10.5. The van der Waals surface area contributed by atoms with Crippen molar-refractivity contribution in [3.05, 3.63) is 27.1 Å². The van der Waals surface area contributed by atoms with Crippen LogP contribution in [0.4, 0.5) is 0 Å². The van der Waals surface area contributed by atoms with E-state index in [1.807, 2.05) is 22.6 Å². The largest absolute Gasteiger partial charge is 0.478 e. The Morgan fingerprint density at radius 1 is 1.64 bits per heavy atom. The van der Waals surface area contributed by atoms with Gasteiger partial charge in [-0.15, -0.1) is 0 Å². The molecule has 1 aromatic heterocycles. The van der Waals surface area contributed by atoms with Crippen LogP contribution in [0.2, 0.25) is 0 Å². The fourth-order valence-electron chi connectivity index (χ4n) is 0.756. The van der Waals surface area contributed by atoms with E-state index in [-0.39, 0.29) is 5.56 Å². The third-order valence-corrected chi connectivity index (χ3v) is 1.88. The molecule has 0 saturated carbocycles. The van der Waals surface area contributed by atoms with Crippen LogP contribution < -0.4 is 0 Å². The van der Waals surface area contributed by atoms with Crippen LogP contribution >= 0.6 is 22.6 Å². The Morgan fingerprint density at radius 2 is 2.27 bits per heavy atom. The smallest absolute Gasteiger partial charge is 0.337 e. The van der Waals surface area contributed by atoms with E-state index in [0.29, 0.717) is 5.69 Å². The number of aromatic nitrogens is 1. The molecule has 1 rings (SSSR count). The molecule has 0 bridgehead atoms. The predicted octanol–water partition coefficient (Wildman–Crippen LogP) is 1.69. The van der Waals surface area contributed by atoms with Crippen LogP contribution in [-0.4, -0.2) is 16.1 Å². The lowest BCUT2D eigenvalue weighted by atomic mass is 10.2. The molecule has 4 heteroatoms. The number of rotatable bonds is 1. The van der Waals surface area contributed by atoms with Crippen molar-refractivity contribution >= 4 is 28.6 Å². The second-order valence-corrected chi connectivity index (χ2v) is 3.18. The monoisotopic (exact) mass is 263 g/mol. The van der Waals surface area contributed by atoms with Gasteiger partial charge in [-0.3, -0.25) is 0 Å². The Morgan fingerprint density at radius 3 is 2.73 bits per heavy atom. The first kappa shape index (κ1) is 8.45. The third-order valence-electron chi connectivity index (χ3n) is 1.28. The van der Waals surface area contributed by atoms with Gasteiger partial charge in [0.25, 0.3) is 0 Å². The highest BCUT2D eigenvalue weighted by atomic mass is 127. The topological polar surface area (TPSA) is 50.2 Å². The maximum Gasteiger partial charge on any atom is 0.337 e. The highest BCUT2D eigenvalue weighted by molar-refractivity contribution is 14.1. The van der Waals surface area contributed by atoms with Gasteiger partial charge in [-0.05, 0) is 41.6 Å². The number of hydrogen-bond donors (Lipinski definition) is 1. The van der Waals surface area contributed by atoms with Gasteiger partial charge in [0, 0.05) is 0 Å². The Balaban J connectivity index is 3.20. The Bertz CT molecular complexity index is 298. The number of aryl methyl sites for hydroxylation is 1. The van der Waals surface area contributed by atoms with Crippen LogP contribution in [-0.2, 0) is 0 Å². The summed E-state index contributed by atoms with van der Waals surface area (Å²) in [7, 11) is 0. The summed E-state index contributed by atoms with van der Waals surface area (Å²) in [5, 5.41) is 8.61. The normalized spacial score (nSPS) is 9.64. The van der Waals surface area contributed by atoms with Crippen molar-refractivity contribution in [3.63, 3.8) is 0 Å². The molecular formula is C7H6INO2. The van der Waals surface area contributed by atoms with Crippen LogP contribution in [0.3, 0.4) is 0 Å². The number of nitrogens with zero attached hydrogens (tertiary/aromatic N) is 1. The number of pyridine rings is 1. The number of hydrogen-bond acceptors (Lipinski definition) is 2. The number of carbonyl (C=O) groups is 1. The summed E-state index contributed by atoms with van der Waals surface area (Å²) in [6.45, 7) is 1.69. The van der Waals surface area contributed by atoms with Crippen molar-refractivity contribution < 1.29 is 9.90 Å². The van der Waals surface area contributed by atoms with Gasteiger partial charge in [-0.1, -0.05) is 0 Å². The molecule has 11 heavy (non-hydrogen) atoms. The van der Waals surface area contributed by atoms with E-state index in [1.54, 1.807) is 19.1 Å². The average Bonchev–Trinajstić information content (AvgIpc) is 1.85. The van der Waals surface area contributed by atoms with E-state index in [1.165, 1.54) is 0 Å². The van der Waals surface area contributed by atoms with Crippen LogP contribution in [0.15, 0.2) is 12.1 Å². The van der Waals surface area contributed by atoms with E-state index in [9.17, 15) is 4.79 Å². The van der Waals surface area contributed by atoms with Crippen LogP contribution in [0, 0.1) is 10.6 Å². The second kappa shape index (κ2) is 3.17. The zero-order valence-electron chi connectivity index (χ0n) is 5.84. The van der Waals surface area contributed by atoms with Crippen LogP contribution in [0.25, 0.3) is 0 Å². The first-order valence-corrected chi connectivity index (χ1v) is 4.05. The van der Waals surface area contributed by atoms with Gasteiger partial charge in [-0.25, -0.2) is 9.78 Å². The third kappa shape index (κ3) is 1.89. The molecule has 1 N–H and O–H groups in total. The molecule has 0 unspecified atom stereocenters. The SMILES string of the molecule is Cc1nc(I)ccc1C(=O)O. The Labute approximate surface area is 77.6 Å². The summed E-state index contributed by atoms with van der Waals surface area (Å²) in [6.07, 6.45) is 0. The molecule has 0 radical (unpaired) electrons. The minimum absolute atomic E-state index is 0.269. The zero-order valence-corrected chi connectivity index (χ0v) is 7.99. The maximum absolute atomic E-state index is 10.5. The lowest BCUT2D eigenvalue weighted by Crippen LogP contribution is -2.01. The van der Waals surface area contributed by atoms with Crippen molar-refractivity contribution in [2.45, 2.75) is 6.92 Å². The molecule has 0 saturated heterocycles. The van der Waals surface area contributed by atoms with E-state index in [0.717, 1.165) is 3.70 Å². The van der Waals surface area contributed by atoms with Gasteiger partial charge < -0.3 is 5.11 Å².